The monoisotopic (exact) mass is 396 g/mol. The van der Waals surface area contributed by atoms with Gasteiger partial charge in [-0.2, -0.15) is 4.98 Å². The Bertz CT molecular complexity index is 952. The van der Waals surface area contributed by atoms with E-state index in [4.69, 9.17) is 16.1 Å². The fourth-order valence-corrected chi connectivity index (χ4v) is 3.49. The standard InChI is InChI=1S/C21H21ClN4O2/c22-16-8-9-17(21(27)26-10-4-5-11-26)18(13-16)23-14-19-24-20(28-25-19)12-15-6-2-1-3-7-15/h1-3,6-9,13,23H,4-5,10-12,14H2. The molecule has 0 unspecified atom stereocenters. The fourth-order valence-electron chi connectivity index (χ4n) is 3.32. The van der Waals surface area contributed by atoms with E-state index in [1.165, 1.54) is 0 Å². The van der Waals surface area contributed by atoms with Gasteiger partial charge >= 0.3 is 0 Å². The number of nitrogens with one attached hydrogen (secondary N) is 1. The molecular formula is C21H21ClN4O2. The van der Waals surface area contributed by atoms with Crippen LogP contribution in [0.25, 0.3) is 0 Å². The quantitative estimate of drug-likeness (QED) is 0.677. The molecule has 1 aromatic heterocycles. The molecule has 4 rings (SSSR count). The van der Waals surface area contributed by atoms with Crippen LogP contribution in [0.1, 0.15) is 40.5 Å². The Hall–Kier alpha value is -2.86. The molecule has 0 radical (unpaired) electrons. The average Bonchev–Trinajstić information content (AvgIpc) is 3.39. The molecule has 6 nitrogen and oxygen atoms in total. The molecule has 144 valence electrons. The van der Waals surface area contributed by atoms with Crippen LogP contribution < -0.4 is 5.32 Å². The van der Waals surface area contributed by atoms with Gasteiger partial charge in [-0.15, -0.1) is 0 Å². The van der Waals surface area contributed by atoms with Crippen LogP contribution >= 0.6 is 11.6 Å². The second kappa shape index (κ2) is 8.44. The number of nitrogens with zero attached hydrogens (tertiary/aromatic N) is 3. The van der Waals surface area contributed by atoms with Crippen LogP contribution in [0.5, 0.6) is 0 Å². The number of carbonyl (C=O) groups excluding carboxylic acids is 1. The maximum absolute atomic E-state index is 12.8. The zero-order valence-corrected chi connectivity index (χ0v) is 16.2. The van der Waals surface area contributed by atoms with Gasteiger partial charge in [-0.25, -0.2) is 0 Å². The van der Waals surface area contributed by atoms with Gasteiger partial charge in [-0.05, 0) is 36.6 Å². The van der Waals surface area contributed by atoms with E-state index in [9.17, 15) is 4.79 Å². The molecule has 0 saturated carbocycles. The van der Waals surface area contributed by atoms with Crippen molar-refractivity contribution in [3.63, 3.8) is 0 Å². The second-order valence-electron chi connectivity index (χ2n) is 6.81. The Balaban J connectivity index is 1.45. The van der Waals surface area contributed by atoms with E-state index in [1.807, 2.05) is 35.2 Å². The van der Waals surface area contributed by atoms with Gasteiger partial charge in [-0.1, -0.05) is 47.1 Å². The molecule has 0 aliphatic carbocycles. The molecule has 7 heteroatoms. The third-order valence-corrected chi connectivity index (χ3v) is 4.99. The van der Waals surface area contributed by atoms with Crippen LogP contribution in [-0.4, -0.2) is 34.0 Å². The number of likely N-dealkylation sites (tertiary alicyclic amines) is 1. The first-order valence-electron chi connectivity index (χ1n) is 9.37. The van der Waals surface area contributed by atoms with E-state index in [0.29, 0.717) is 41.0 Å². The molecule has 0 atom stereocenters. The van der Waals surface area contributed by atoms with E-state index in [-0.39, 0.29) is 5.91 Å². The second-order valence-corrected chi connectivity index (χ2v) is 7.25. The minimum atomic E-state index is 0.0227. The van der Waals surface area contributed by atoms with Gasteiger partial charge < -0.3 is 14.7 Å². The first-order valence-corrected chi connectivity index (χ1v) is 9.75. The van der Waals surface area contributed by atoms with Crippen molar-refractivity contribution >= 4 is 23.2 Å². The van der Waals surface area contributed by atoms with Crippen molar-refractivity contribution in [2.75, 3.05) is 18.4 Å². The summed E-state index contributed by atoms with van der Waals surface area (Å²) in [5.74, 6) is 1.11. The topological polar surface area (TPSA) is 71.3 Å². The van der Waals surface area contributed by atoms with Crippen molar-refractivity contribution in [1.82, 2.24) is 15.0 Å². The van der Waals surface area contributed by atoms with Crippen LogP contribution in [0.15, 0.2) is 53.1 Å². The summed E-state index contributed by atoms with van der Waals surface area (Å²) in [6.07, 6.45) is 2.69. The van der Waals surface area contributed by atoms with Crippen molar-refractivity contribution < 1.29 is 9.32 Å². The Kier molecular flexibility index (Phi) is 5.58. The van der Waals surface area contributed by atoms with Crippen LogP contribution in [0.3, 0.4) is 0 Å². The molecule has 1 N–H and O–H groups in total. The first kappa shape index (κ1) is 18.5. The van der Waals surface area contributed by atoms with E-state index < -0.39 is 0 Å². The molecule has 1 fully saturated rings. The van der Waals surface area contributed by atoms with Gasteiger partial charge in [-0.3, -0.25) is 4.79 Å². The predicted molar refractivity (Wildman–Crippen MR) is 107 cm³/mol. The lowest BCUT2D eigenvalue weighted by Gasteiger charge is -2.18. The SMILES string of the molecule is O=C(c1ccc(Cl)cc1NCc1noc(Cc2ccccc2)n1)N1CCCC1. The summed E-state index contributed by atoms with van der Waals surface area (Å²) in [4.78, 5) is 19.1. The van der Waals surface area contributed by atoms with Gasteiger partial charge in [0.1, 0.15) is 0 Å². The minimum absolute atomic E-state index is 0.0227. The van der Waals surface area contributed by atoms with Gasteiger partial charge in [0.15, 0.2) is 5.82 Å². The van der Waals surface area contributed by atoms with E-state index in [1.54, 1.807) is 18.2 Å². The van der Waals surface area contributed by atoms with Crippen molar-refractivity contribution in [3.8, 4) is 0 Å². The van der Waals surface area contributed by atoms with Crippen LogP contribution in [-0.2, 0) is 13.0 Å². The highest BCUT2D eigenvalue weighted by atomic mass is 35.5. The highest BCUT2D eigenvalue weighted by Gasteiger charge is 2.22. The predicted octanol–water partition coefficient (Wildman–Crippen LogP) is 4.16. The molecule has 2 heterocycles. The van der Waals surface area contributed by atoms with Gasteiger partial charge in [0.05, 0.1) is 18.5 Å². The number of rotatable bonds is 6. The molecule has 1 amide bonds. The summed E-state index contributed by atoms with van der Waals surface area (Å²) in [6, 6.07) is 15.2. The normalized spacial score (nSPS) is 13.7. The molecule has 1 saturated heterocycles. The maximum atomic E-state index is 12.8. The number of carbonyl (C=O) groups is 1. The van der Waals surface area contributed by atoms with Crippen molar-refractivity contribution in [1.29, 1.82) is 0 Å². The van der Waals surface area contributed by atoms with E-state index in [2.05, 4.69) is 15.5 Å². The third kappa shape index (κ3) is 4.34. The highest BCUT2D eigenvalue weighted by Crippen LogP contribution is 2.24. The fraction of sp³-hybridized carbons (Fsp3) is 0.286. The summed E-state index contributed by atoms with van der Waals surface area (Å²) in [7, 11) is 0. The number of anilines is 1. The first-order chi connectivity index (χ1) is 13.7. The van der Waals surface area contributed by atoms with Crippen LogP contribution in [0.2, 0.25) is 5.02 Å². The Morgan fingerprint density at radius 1 is 1.14 bits per heavy atom. The lowest BCUT2D eigenvalue weighted by atomic mass is 10.1. The maximum Gasteiger partial charge on any atom is 0.255 e. The number of amides is 1. The Morgan fingerprint density at radius 3 is 2.71 bits per heavy atom. The Morgan fingerprint density at radius 2 is 1.93 bits per heavy atom. The van der Waals surface area contributed by atoms with Crippen LogP contribution in [0, 0.1) is 0 Å². The lowest BCUT2D eigenvalue weighted by molar-refractivity contribution is 0.0793. The molecule has 1 aliphatic heterocycles. The summed E-state index contributed by atoms with van der Waals surface area (Å²) in [5.41, 5.74) is 2.40. The number of hydrogen-bond acceptors (Lipinski definition) is 5. The third-order valence-electron chi connectivity index (χ3n) is 4.75. The van der Waals surface area contributed by atoms with Gasteiger partial charge in [0.2, 0.25) is 5.89 Å². The number of benzene rings is 2. The zero-order valence-electron chi connectivity index (χ0n) is 15.4. The Labute approximate surface area is 168 Å². The molecule has 3 aromatic rings. The molecule has 28 heavy (non-hydrogen) atoms. The number of hydrogen-bond donors (Lipinski definition) is 1. The van der Waals surface area contributed by atoms with Crippen molar-refractivity contribution in [2.45, 2.75) is 25.8 Å². The molecule has 0 spiro atoms. The number of aromatic nitrogens is 2. The smallest absolute Gasteiger partial charge is 0.255 e. The average molecular weight is 397 g/mol. The minimum Gasteiger partial charge on any atom is -0.377 e. The summed E-state index contributed by atoms with van der Waals surface area (Å²) in [6.45, 7) is 1.95. The largest absolute Gasteiger partial charge is 0.377 e. The molecule has 2 aromatic carbocycles. The summed E-state index contributed by atoms with van der Waals surface area (Å²) < 4.78 is 5.34. The molecular weight excluding hydrogens is 376 g/mol. The van der Waals surface area contributed by atoms with Crippen molar-refractivity contribution in [2.24, 2.45) is 0 Å². The number of halogens is 1. The van der Waals surface area contributed by atoms with Crippen LogP contribution in [0.4, 0.5) is 5.69 Å². The van der Waals surface area contributed by atoms with Gasteiger partial charge in [0, 0.05) is 23.8 Å². The van der Waals surface area contributed by atoms with E-state index >= 15 is 0 Å². The highest BCUT2D eigenvalue weighted by molar-refractivity contribution is 6.31. The lowest BCUT2D eigenvalue weighted by Crippen LogP contribution is -2.28. The molecule has 1 aliphatic rings. The van der Waals surface area contributed by atoms with Gasteiger partial charge in [0.25, 0.3) is 5.91 Å². The van der Waals surface area contributed by atoms with E-state index in [0.717, 1.165) is 31.5 Å². The zero-order chi connectivity index (χ0) is 19.3. The summed E-state index contributed by atoms with van der Waals surface area (Å²) in [5, 5.41) is 7.83. The van der Waals surface area contributed by atoms with Crippen molar-refractivity contribution in [3.05, 3.63) is 76.4 Å². The molecule has 0 bridgehead atoms. The summed E-state index contributed by atoms with van der Waals surface area (Å²) >= 11 is 6.14.